The van der Waals surface area contributed by atoms with Crippen LogP contribution in [0.25, 0.3) is 22.3 Å². The highest BCUT2D eigenvalue weighted by Gasteiger charge is 2.27. The van der Waals surface area contributed by atoms with E-state index >= 15 is 0 Å². The van der Waals surface area contributed by atoms with E-state index in [1.54, 1.807) is 11.7 Å². The Hall–Kier alpha value is -2.99. The number of carbonyl (C=O) groups is 1. The number of rotatable bonds is 7. The minimum Gasteiger partial charge on any atom is -0.481 e. The Labute approximate surface area is 168 Å². The minimum atomic E-state index is -0.838. The van der Waals surface area contributed by atoms with Crippen molar-refractivity contribution in [2.75, 3.05) is 13.7 Å². The first-order valence-electron chi connectivity index (χ1n) is 9.89. The molecule has 0 saturated heterocycles. The van der Waals surface area contributed by atoms with Crippen molar-refractivity contribution in [3.05, 3.63) is 63.4 Å². The molecular formula is C23H24N2O4. The summed E-state index contributed by atoms with van der Waals surface area (Å²) in [6, 6.07) is 11.9. The molecule has 0 radical (unpaired) electrons. The summed E-state index contributed by atoms with van der Waals surface area (Å²) < 4.78 is 6.95. The molecule has 4 rings (SSSR count). The molecule has 1 aromatic carbocycles. The van der Waals surface area contributed by atoms with Gasteiger partial charge in [-0.25, -0.2) is 4.98 Å². The number of para-hydroxylation sites is 1. The number of hydrogen-bond donors (Lipinski definition) is 1. The maximum absolute atomic E-state index is 13.3. The number of pyridine rings is 2. The molecule has 29 heavy (non-hydrogen) atoms. The summed E-state index contributed by atoms with van der Waals surface area (Å²) in [5.41, 5.74) is 4.84. The van der Waals surface area contributed by atoms with Crippen LogP contribution in [0, 0.1) is 5.92 Å². The Kier molecular flexibility index (Phi) is 5.20. The number of aliphatic carboxylic acids is 1. The van der Waals surface area contributed by atoms with Crippen LogP contribution in [0.5, 0.6) is 0 Å². The van der Waals surface area contributed by atoms with E-state index in [1.165, 1.54) is 0 Å². The molecule has 6 heteroatoms. The standard InChI is InChI=1S/C23H24N2O4/c1-3-14(23(27)28)10-16-12-20-21-17(11-15-6-4-5-7-19(15)24-21)13-25(20)22(26)18(16)8-9-29-2/h4-7,11-12,14H,3,8-10,13H2,1-2H3,(H,27,28). The van der Waals surface area contributed by atoms with Gasteiger partial charge in [0.1, 0.15) is 0 Å². The molecule has 3 aromatic rings. The quantitative estimate of drug-likeness (QED) is 0.522. The van der Waals surface area contributed by atoms with E-state index in [4.69, 9.17) is 9.72 Å². The van der Waals surface area contributed by atoms with Crippen LogP contribution in [0.1, 0.15) is 30.0 Å². The second-order valence-electron chi connectivity index (χ2n) is 7.50. The number of nitrogens with zero attached hydrogens (tertiary/aromatic N) is 2. The number of hydrogen-bond acceptors (Lipinski definition) is 4. The monoisotopic (exact) mass is 392 g/mol. The average Bonchev–Trinajstić information content (AvgIpc) is 3.07. The highest BCUT2D eigenvalue weighted by atomic mass is 16.5. The highest BCUT2D eigenvalue weighted by Crippen LogP contribution is 2.33. The molecule has 3 heterocycles. The van der Waals surface area contributed by atoms with Crippen LogP contribution in [0.2, 0.25) is 0 Å². The van der Waals surface area contributed by atoms with Crippen molar-refractivity contribution in [2.45, 2.75) is 32.7 Å². The predicted molar refractivity (Wildman–Crippen MR) is 111 cm³/mol. The molecule has 0 saturated carbocycles. The van der Waals surface area contributed by atoms with Crippen LogP contribution in [-0.4, -0.2) is 34.3 Å². The zero-order chi connectivity index (χ0) is 20.5. The van der Waals surface area contributed by atoms with Gasteiger partial charge in [-0.1, -0.05) is 25.1 Å². The summed E-state index contributed by atoms with van der Waals surface area (Å²) in [5.74, 6) is -1.36. The molecule has 2 aromatic heterocycles. The molecule has 150 valence electrons. The molecule has 6 nitrogen and oxygen atoms in total. The SMILES string of the molecule is CCC(Cc1cc2n(c(=O)c1CCOC)Cc1cc3ccccc3nc1-2)C(=O)O. The average molecular weight is 392 g/mol. The van der Waals surface area contributed by atoms with Gasteiger partial charge in [0.05, 0.1) is 36.0 Å². The van der Waals surface area contributed by atoms with Crippen LogP contribution in [-0.2, 0) is 28.9 Å². The van der Waals surface area contributed by atoms with E-state index < -0.39 is 11.9 Å². The summed E-state index contributed by atoms with van der Waals surface area (Å²) in [4.78, 5) is 29.7. The number of benzene rings is 1. The fraction of sp³-hybridized carbons (Fsp3) is 0.348. The topological polar surface area (TPSA) is 81.4 Å². The van der Waals surface area contributed by atoms with Gasteiger partial charge < -0.3 is 14.4 Å². The lowest BCUT2D eigenvalue weighted by atomic mass is 9.93. The molecule has 0 aliphatic carbocycles. The molecule has 0 bridgehead atoms. The van der Waals surface area contributed by atoms with Crippen molar-refractivity contribution in [3.8, 4) is 11.4 Å². The first-order valence-corrected chi connectivity index (χ1v) is 9.89. The largest absolute Gasteiger partial charge is 0.481 e. The van der Waals surface area contributed by atoms with Crippen molar-refractivity contribution in [1.29, 1.82) is 0 Å². The second kappa shape index (κ2) is 7.79. The first kappa shape index (κ1) is 19.3. The smallest absolute Gasteiger partial charge is 0.306 e. The molecule has 0 spiro atoms. The Morgan fingerprint density at radius 2 is 2.10 bits per heavy atom. The lowest BCUT2D eigenvalue weighted by Gasteiger charge is -2.16. The molecule has 1 aliphatic rings. The third kappa shape index (κ3) is 3.44. The van der Waals surface area contributed by atoms with Gasteiger partial charge in [-0.15, -0.1) is 0 Å². The number of fused-ring (bicyclic) bond motifs is 4. The van der Waals surface area contributed by atoms with Crippen LogP contribution < -0.4 is 5.56 Å². The zero-order valence-electron chi connectivity index (χ0n) is 16.6. The van der Waals surface area contributed by atoms with Crippen molar-refractivity contribution < 1.29 is 14.6 Å². The van der Waals surface area contributed by atoms with E-state index in [2.05, 4.69) is 6.07 Å². The lowest BCUT2D eigenvalue weighted by Crippen LogP contribution is -2.27. The summed E-state index contributed by atoms with van der Waals surface area (Å²) in [7, 11) is 1.60. The summed E-state index contributed by atoms with van der Waals surface area (Å²) in [5, 5.41) is 10.6. The highest BCUT2D eigenvalue weighted by molar-refractivity contribution is 5.84. The molecule has 1 N–H and O–H groups in total. The third-order valence-electron chi connectivity index (χ3n) is 5.73. The number of ether oxygens (including phenoxy) is 1. The van der Waals surface area contributed by atoms with Gasteiger partial charge in [-0.3, -0.25) is 9.59 Å². The molecule has 0 amide bonds. The van der Waals surface area contributed by atoms with Crippen molar-refractivity contribution in [2.24, 2.45) is 5.92 Å². The minimum absolute atomic E-state index is 0.0724. The van der Waals surface area contributed by atoms with Crippen LogP contribution >= 0.6 is 0 Å². The van der Waals surface area contributed by atoms with Gasteiger partial charge in [-0.2, -0.15) is 0 Å². The predicted octanol–water partition coefficient (Wildman–Crippen LogP) is 3.27. The first-order chi connectivity index (χ1) is 14.0. The van der Waals surface area contributed by atoms with Gasteiger partial charge in [0.15, 0.2) is 0 Å². The van der Waals surface area contributed by atoms with E-state index in [1.807, 2.05) is 37.3 Å². The fourth-order valence-electron chi connectivity index (χ4n) is 4.09. The van der Waals surface area contributed by atoms with Gasteiger partial charge in [0.2, 0.25) is 0 Å². The Balaban J connectivity index is 1.87. The fourth-order valence-corrected chi connectivity index (χ4v) is 4.09. The van der Waals surface area contributed by atoms with E-state index in [9.17, 15) is 14.7 Å². The summed E-state index contributed by atoms with van der Waals surface area (Å²) in [6.07, 6.45) is 1.31. The Morgan fingerprint density at radius 3 is 2.83 bits per heavy atom. The number of methoxy groups -OCH3 is 1. The number of carboxylic acids is 1. The maximum atomic E-state index is 13.3. The summed E-state index contributed by atoms with van der Waals surface area (Å²) >= 11 is 0. The van der Waals surface area contributed by atoms with Crippen molar-refractivity contribution in [1.82, 2.24) is 9.55 Å². The van der Waals surface area contributed by atoms with Gasteiger partial charge in [0, 0.05) is 30.0 Å². The van der Waals surface area contributed by atoms with Crippen molar-refractivity contribution >= 4 is 16.9 Å². The second-order valence-corrected chi connectivity index (χ2v) is 7.50. The number of carboxylic acid groups (broad SMARTS) is 1. The van der Waals surface area contributed by atoms with Gasteiger partial charge >= 0.3 is 5.97 Å². The maximum Gasteiger partial charge on any atom is 0.306 e. The van der Waals surface area contributed by atoms with Crippen LogP contribution in [0.15, 0.2) is 41.2 Å². The number of aromatic nitrogens is 2. The van der Waals surface area contributed by atoms with E-state index in [0.29, 0.717) is 38.0 Å². The molecule has 1 aliphatic heterocycles. The van der Waals surface area contributed by atoms with Gasteiger partial charge in [-0.05, 0) is 36.6 Å². The molecule has 1 unspecified atom stereocenters. The van der Waals surface area contributed by atoms with E-state index in [0.717, 1.165) is 33.4 Å². The molecule has 1 atom stereocenters. The lowest BCUT2D eigenvalue weighted by molar-refractivity contribution is -0.141. The molecular weight excluding hydrogens is 368 g/mol. The Bertz CT molecular complexity index is 1150. The van der Waals surface area contributed by atoms with Crippen molar-refractivity contribution in [3.63, 3.8) is 0 Å². The normalized spacial score (nSPS) is 13.3. The van der Waals surface area contributed by atoms with Gasteiger partial charge in [0.25, 0.3) is 5.56 Å². The third-order valence-corrected chi connectivity index (χ3v) is 5.73. The molecule has 0 fully saturated rings. The van der Waals surface area contributed by atoms with Crippen LogP contribution in [0.4, 0.5) is 0 Å². The zero-order valence-corrected chi connectivity index (χ0v) is 16.6. The van der Waals surface area contributed by atoms with Crippen LogP contribution in [0.3, 0.4) is 0 Å². The summed E-state index contributed by atoms with van der Waals surface area (Å²) in [6.45, 7) is 2.76. The Morgan fingerprint density at radius 1 is 1.31 bits per heavy atom. The van der Waals surface area contributed by atoms with E-state index in [-0.39, 0.29) is 5.56 Å².